The highest BCUT2D eigenvalue weighted by atomic mass is 35.5. The SMILES string of the molecule is CC(=O)N(CCNC(=O)c1c(F)cccc1Cl)CCN(C)C. The zero-order valence-electron chi connectivity index (χ0n) is 13.0. The molecule has 0 heterocycles. The first-order chi connectivity index (χ1) is 10.3. The van der Waals surface area contributed by atoms with Crippen LogP contribution in [0.25, 0.3) is 0 Å². The van der Waals surface area contributed by atoms with Gasteiger partial charge in [-0.15, -0.1) is 0 Å². The molecule has 0 fully saturated rings. The molecule has 0 unspecified atom stereocenters. The number of amides is 2. The van der Waals surface area contributed by atoms with Crippen molar-refractivity contribution in [3.05, 3.63) is 34.6 Å². The lowest BCUT2D eigenvalue weighted by Crippen LogP contribution is -2.40. The van der Waals surface area contributed by atoms with E-state index in [9.17, 15) is 14.0 Å². The summed E-state index contributed by atoms with van der Waals surface area (Å²) in [6, 6.07) is 4.07. The molecule has 1 aromatic rings. The fraction of sp³-hybridized carbons (Fsp3) is 0.467. The van der Waals surface area contributed by atoms with Gasteiger partial charge >= 0.3 is 0 Å². The molecule has 0 saturated heterocycles. The normalized spacial score (nSPS) is 10.6. The Morgan fingerprint density at radius 2 is 1.91 bits per heavy atom. The lowest BCUT2D eigenvalue weighted by atomic mass is 10.2. The van der Waals surface area contributed by atoms with Crippen molar-refractivity contribution in [2.24, 2.45) is 0 Å². The van der Waals surface area contributed by atoms with E-state index in [1.165, 1.54) is 25.1 Å². The van der Waals surface area contributed by atoms with Crippen molar-refractivity contribution in [1.82, 2.24) is 15.1 Å². The molecule has 0 aliphatic rings. The fourth-order valence-corrected chi connectivity index (χ4v) is 2.10. The Balaban J connectivity index is 2.54. The van der Waals surface area contributed by atoms with E-state index < -0.39 is 11.7 Å². The molecule has 0 aromatic heterocycles. The molecule has 0 bridgehead atoms. The van der Waals surface area contributed by atoms with Crippen molar-refractivity contribution in [3.8, 4) is 0 Å². The number of nitrogens with zero attached hydrogens (tertiary/aromatic N) is 2. The van der Waals surface area contributed by atoms with Crippen LogP contribution in [0.1, 0.15) is 17.3 Å². The summed E-state index contributed by atoms with van der Waals surface area (Å²) in [6.07, 6.45) is 0. The molecule has 122 valence electrons. The van der Waals surface area contributed by atoms with E-state index in [0.717, 1.165) is 6.54 Å². The minimum atomic E-state index is -0.666. The van der Waals surface area contributed by atoms with Crippen LogP contribution in [-0.2, 0) is 4.79 Å². The maximum Gasteiger partial charge on any atom is 0.255 e. The Morgan fingerprint density at radius 1 is 1.23 bits per heavy atom. The lowest BCUT2D eigenvalue weighted by Gasteiger charge is -2.23. The Labute approximate surface area is 135 Å². The molecule has 7 heteroatoms. The average molecular weight is 330 g/mol. The second-order valence-corrected chi connectivity index (χ2v) is 5.57. The number of carbonyl (C=O) groups is 2. The number of hydrogen-bond donors (Lipinski definition) is 1. The molecule has 1 rings (SSSR count). The van der Waals surface area contributed by atoms with E-state index in [-0.39, 0.29) is 23.0 Å². The van der Waals surface area contributed by atoms with Gasteiger partial charge in [0.05, 0.1) is 10.6 Å². The maximum absolute atomic E-state index is 13.6. The van der Waals surface area contributed by atoms with Gasteiger partial charge in [-0.25, -0.2) is 4.39 Å². The van der Waals surface area contributed by atoms with Crippen LogP contribution < -0.4 is 5.32 Å². The summed E-state index contributed by atoms with van der Waals surface area (Å²) in [5.41, 5.74) is -0.174. The molecule has 0 aliphatic heterocycles. The summed E-state index contributed by atoms with van der Waals surface area (Å²) < 4.78 is 13.6. The molecule has 2 amide bonds. The highest BCUT2D eigenvalue weighted by Gasteiger charge is 2.16. The molecule has 0 spiro atoms. The highest BCUT2D eigenvalue weighted by Crippen LogP contribution is 2.18. The first kappa shape index (κ1) is 18.4. The number of hydrogen-bond acceptors (Lipinski definition) is 3. The van der Waals surface area contributed by atoms with Crippen LogP contribution >= 0.6 is 11.6 Å². The molecule has 0 aliphatic carbocycles. The molecule has 0 saturated carbocycles. The molecule has 22 heavy (non-hydrogen) atoms. The lowest BCUT2D eigenvalue weighted by molar-refractivity contribution is -0.128. The van der Waals surface area contributed by atoms with Gasteiger partial charge in [-0.2, -0.15) is 0 Å². The van der Waals surface area contributed by atoms with Gasteiger partial charge in [-0.3, -0.25) is 9.59 Å². The first-order valence-corrected chi connectivity index (χ1v) is 7.33. The second kappa shape index (κ2) is 8.70. The fourth-order valence-electron chi connectivity index (χ4n) is 1.85. The topological polar surface area (TPSA) is 52.7 Å². The molecule has 0 radical (unpaired) electrons. The third kappa shape index (κ3) is 5.61. The van der Waals surface area contributed by atoms with Crippen molar-refractivity contribution in [2.45, 2.75) is 6.92 Å². The Bertz CT molecular complexity index is 517. The van der Waals surface area contributed by atoms with Crippen LogP contribution in [0.5, 0.6) is 0 Å². The van der Waals surface area contributed by atoms with E-state index in [2.05, 4.69) is 5.32 Å². The highest BCUT2D eigenvalue weighted by molar-refractivity contribution is 6.33. The smallest absolute Gasteiger partial charge is 0.255 e. The van der Waals surface area contributed by atoms with Gasteiger partial charge in [0.25, 0.3) is 5.91 Å². The number of carbonyl (C=O) groups excluding carboxylic acids is 2. The number of halogens is 2. The predicted octanol–water partition coefficient (Wildman–Crippen LogP) is 1.62. The monoisotopic (exact) mass is 329 g/mol. The van der Waals surface area contributed by atoms with E-state index in [1.807, 2.05) is 19.0 Å². The minimum Gasteiger partial charge on any atom is -0.350 e. The molecular formula is C15H21ClFN3O2. The number of benzene rings is 1. The largest absolute Gasteiger partial charge is 0.350 e. The zero-order valence-corrected chi connectivity index (χ0v) is 13.8. The van der Waals surface area contributed by atoms with Crippen molar-refractivity contribution in [2.75, 3.05) is 40.3 Å². The van der Waals surface area contributed by atoms with Crippen molar-refractivity contribution in [3.63, 3.8) is 0 Å². The van der Waals surface area contributed by atoms with Crippen LogP contribution in [-0.4, -0.2) is 61.9 Å². The quantitative estimate of drug-likeness (QED) is 0.827. The summed E-state index contributed by atoms with van der Waals surface area (Å²) in [4.78, 5) is 27.1. The van der Waals surface area contributed by atoms with Gasteiger partial charge < -0.3 is 15.1 Å². The van der Waals surface area contributed by atoms with Crippen LogP contribution in [0, 0.1) is 5.82 Å². The second-order valence-electron chi connectivity index (χ2n) is 5.16. The molecule has 0 atom stereocenters. The van der Waals surface area contributed by atoms with Crippen molar-refractivity contribution >= 4 is 23.4 Å². The van der Waals surface area contributed by atoms with E-state index in [1.54, 1.807) is 4.90 Å². The third-order valence-corrected chi connectivity index (χ3v) is 3.43. The van der Waals surface area contributed by atoms with Gasteiger partial charge in [0.2, 0.25) is 5.91 Å². The van der Waals surface area contributed by atoms with Crippen LogP contribution in [0.4, 0.5) is 4.39 Å². The first-order valence-electron chi connectivity index (χ1n) is 6.95. The third-order valence-electron chi connectivity index (χ3n) is 3.12. The zero-order chi connectivity index (χ0) is 16.7. The summed E-state index contributed by atoms with van der Waals surface area (Å²) in [5, 5.41) is 2.65. The summed E-state index contributed by atoms with van der Waals surface area (Å²) in [6.45, 7) is 3.37. The molecule has 5 nitrogen and oxygen atoms in total. The minimum absolute atomic E-state index is 0.0635. The Morgan fingerprint density at radius 3 is 2.45 bits per heavy atom. The molecule has 1 N–H and O–H groups in total. The van der Waals surface area contributed by atoms with Crippen LogP contribution in [0.3, 0.4) is 0 Å². The number of nitrogens with one attached hydrogen (secondary N) is 1. The van der Waals surface area contributed by atoms with Crippen molar-refractivity contribution < 1.29 is 14.0 Å². The number of rotatable bonds is 7. The molecule has 1 aromatic carbocycles. The van der Waals surface area contributed by atoms with Crippen molar-refractivity contribution in [1.29, 1.82) is 0 Å². The summed E-state index contributed by atoms with van der Waals surface area (Å²) >= 11 is 5.83. The standard InChI is InChI=1S/C15H21ClFN3O2/c1-11(21)20(10-9-19(2)3)8-7-18-15(22)14-12(16)5-4-6-13(14)17/h4-6H,7-10H2,1-3H3,(H,18,22). The van der Waals surface area contributed by atoms with Gasteiger partial charge in [0.1, 0.15) is 5.82 Å². The maximum atomic E-state index is 13.6. The van der Waals surface area contributed by atoms with E-state index in [0.29, 0.717) is 13.1 Å². The summed E-state index contributed by atoms with van der Waals surface area (Å²) in [7, 11) is 3.83. The van der Waals surface area contributed by atoms with Gasteiger partial charge in [-0.1, -0.05) is 17.7 Å². The van der Waals surface area contributed by atoms with Gasteiger partial charge in [0, 0.05) is 33.1 Å². The van der Waals surface area contributed by atoms with Crippen LogP contribution in [0.2, 0.25) is 5.02 Å². The summed E-state index contributed by atoms with van der Waals surface area (Å²) in [5.74, 6) is -1.32. The van der Waals surface area contributed by atoms with E-state index >= 15 is 0 Å². The van der Waals surface area contributed by atoms with Gasteiger partial charge in [-0.05, 0) is 26.2 Å². The van der Waals surface area contributed by atoms with Crippen LogP contribution in [0.15, 0.2) is 18.2 Å². The molecular weight excluding hydrogens is 309 g/mol. The predicted molar refractivity (Wildman–Crippen MR) is 84.6 cm³/mol. The number of likely N-dealkylation sites (N-methyl/N-ethyl adjacent to an activating group) is 1. The Hall–Kier alpha value is -1.66. The Kier molecular flexibility index (Phi) is 7.27. The van der Waals surface area contributed by atoms with Gasteiger partial charge in [0.15, 0.2) is 0 Å². The van der Waals surface area contributed by atoms with E-state index in [4.69, 9.17) is 11.6 Å². The average Bonchev–Trinajstić information content (AvgIpc) is 2.41.